The van der Waals surface area contributed by atoms with Crippen LogP contribution in [0.1, 0.15) is 5.56 Å². The average Bonchev–Trinajstić information content (AvgIpc) is 3.04. The molecule has 1 heterocycles. The molecule has 114 valence electrons. The smallest absolute Gasteiger partial charge is 0.250 e. The lowest BCUT2D eigenvalue weighted by Crippen LogP contribution is -2.07. The summed E-state index contributed by atoms with van der Waals surface area (Å²) in [5.41, 5.74) is 2.59. The van der Waals surface area contributed by atoms with Gasteiger partial charge in [-0.1, -0.05) is 42.5 Å². The largest absolute Gasteiger partial charge is 0.298 e. The van der Waals surface area contributed by atoms with E-state index in [1.807, 2.05) is 35.7 Å². The van der Waals surface area contributed by atoms with E-state index in [2.05, 4.69) is 10.3 Å². The molecule has 0 bridgehead atoms. The zero-order chi connectivity index (χ0) is 16.1. The number of thiazole rings is 1. The Morgan fingerprint density at radius 2 is 1.83 bits per heavy atom. The lowest BCUT2D eigenvalue weighted by atomic mass is 10.2. The van der Waals surface area contributed by atoms with Crippen molar-refractivity contribution in [3.8, 4) is 11.3 Å². The van der Waals surface area contributed by atoms with Crippen LogP contribution in [0.25, 0.3) is 17.3 Å². The maximum atomic E-state index is 12.8. The summed E-state index contributed by atoms with van der Waals surface area (Å²) in [6, 6.07) is 15.7. The van der Waals surface area contributed by atoms with Gasteiger partial charge >= 0.3 is 0 Å². The monoisotopic (exact) mass is 324 g/mol. The zero-order valence-electron chi connectivity index (χ0n) is 12.1. The Morgan fingerprint density at radius 3 is 2.57 bits per heavy atom. The summed E-state index contributed by atoms with van der Waals surface area (Å²) in [7, 11) is 0. The fourth-order valence-corrected chi connectivity index (χ4v) is 2.69. The third-order valence-electron chi connectivity index (χ3n) is 3.10. The third kappa shape index (κ3) is 4.11. The first kappa shape index (κ1) is 15.1. The van der Waals surface area contributed by atoms with Crippen molar-refractivity contribution >= 4 is 28.5 Å². The van der Waals surface area contributed by atoms with Crippen LogP contribution >= 0.6 is 11.3 Å². The molecule has 0 fully saturated rings. The van der Waals surface area contributed by atoms with Gasteiger partial charge in [-0.25, -0.2) is 9.37 Å². The van der Waals surface area contributed by atoms with Crippen LogP contribution in [0.3, 0.4) is 0 Å². The molecule has 0 aliphatic rings. The van der Waals surface area contributed by atoms with Crippen LogP contribution in [0.5, 0.6) is 0 Å². The van der Waals surface area contributed by atoms with Crippen molar-refractivity contribution in [3.63, 3.8) is 0 Å². The van der Waals surface area contributed by atoms with Gasteiger partial charge in [0.15, 0.2) is 5.13 Å². The number of carbonyl (C=O) groups is 1. The normalized spacial score (nSPS) is 10.8. The number of benzene rings is 2. The first-order valence-electron chi connectivity index (χ1n) is 6.96. The minimum atomic E-state index is -0.303. The van der Waals surface area contributed by atoms with Crippen LogP contribution in [-0.2, 0) is 4.79 Å². The van der Waals surface area contributed by atoms with Gasteiger partial charge in [-0.2, -0.15) is 0 Å². The van der Waals surface area contributed by atoms with E-state index in [9.17, 15) is 9.18 Å². The molecular weight excluding hydrogens is 311 g/mol. The van der Waals surface area contributed by atoms with Gasteiger partial charge in [0.05, 0.1) is 5.69 Å². The second-order valence-electron chi connectivity index (χ2n) is 4.78. The molecule has 0 aliphatic carbocycles. The molecule has 2 aromatic carbocycles. The summed E-state index contributed by atoms with van der Waals surface area (Å²) in [5.74, 6) is -0.578. The number of rotatable bonds is 4. The van der Waals surface area contributed by atoms with E-state index in [0.29, 0.717) is 5.13 Å². The lowest BCUT2D eigenvalue weighted by molar-refractivity contribution is -0.111. The highest BCUT2D eigenvalue weighted by molar-refractivity contribution is 7.14. The fraction of sp³-hybridized carbons (Fsp3) is 0. The summed E-state index contributed by atoms with van der Waals surface area (Å²) < 4.78 is 12.8. The molecule has 3 nitrogen and oxygen atoms in total. The number of anilines is 1. The van der Waals surface area contributed by atoms with Crippen molar-refractivity contribution in [2.45, 2.75) is 0 Å². The second-order valence-corrected chi connectivity index (χ2v) is 5.64. The molecule has 5 heteroatoms. The summed E-state index contributed by atoms with van der Waals surface area (Å²) in [4.78, 5) is 16.3. The molecule has 0 saturated heterocycles. The van der Waals surface area contributed by atoms with E-state index >= 15 is 0 Å². The van der Waals surface area contributed by atoms with Crippen LogP contribution in [0.15, 0.2) is 66.1 Å². The van der Waals surface area contributed by atoms with Crippen LogP contribution in [-0.4, -0.2) is 10.9 Å². The average molecular weight is 324 g/mol. The molecule has 0 spiro atoms. The second kappa shape index (κ2) is 6.98. The summed E-state index contributed by atoms with van der Waals surface area (Å²) >= 11 is 1.37. The molecule has 0 atom stereocenters. The van der Waals surface area contributed by atoms with E-state index < -0.39 is 0 Å². The minimum absolute atomic E-state index is 0.275. The summed E-state index contributed by atoms with van der Waals surface area (Å²) in [6.07, 6.45) is 3.03. The van der Waals surface area contributed by atoms with Gasteiger partial charge in [0.25, 0.3) is 0 Å². The number of hydrogen-bond donors (Lipinski definition) is 1. The molecule has 0 unspecified atom stereocenters. The van der Waals surface area contributed by atoms with E-state index in [4.69, 9.17) is 0 Å². The van der Waals surface area contributed by atoms with Crippen LogP contribution in [0.2, 0.25) is 0 Å². The van der Waals surface area contributed by atoms with Gasteiger partial charge in [-0.05, 0) is 23.8 Å². The SMILES string of the molecule is O=C(/C=C/c1ccc(F)cc1)Nc1nc(-c2ccccc2)cs1. The van der Waals surface area contributed by atoms with Crippen LogP contribution in [0.4, 0.5) is 9.52 Å². The lowest BCUT2D eigenvalue weighted by Gasteiger charge is -1.97. The molecular formula is C18H13FN2OS. The highest BCUT2D eigenvalue weighted by atomic mass is 32.1. The molecule has 3 aromatic rings. The molecule has 3 rings (SSSR count). The van der Waals surface area contributed by atoms with Gasteiger partial charge < -0.3 is 0 Å². The summed E-state index contributed by atoms with van der Waals surface area (Å²) in [5, 5.41) is 5.16. The number of halogens is 1. The number of carbonyl (C=O) groups excluding carboxylic acids is 1. The van der Waals surface area contributed by atoms with Gasteiger partial charge in [-0.3, -0.25) is 10.1 Å². The number of amides is 1. The number of aromatic nitrogens is 1. The minimum Gasteiger partial charge on any atom is -0.298 e. The fourth-order valence-electron chi connectivity index (χ4n) is 1.97. The molecule has 1 amide bonds. The highest BCUT2D eigenvalue weighted by Crippen LogP contribution is 2.24. The third-order valence-corrected chi connectivity index (χ3v) is 3.86. The van der Waals surface area contributed by atoms with Crippen LogP contribution < -0.4 is 5.32 Å². The molecule has 1 N–H and O–H groups in total. The van der Waals surface area contributed by atoms with E-state index in [1.165, 1.54) is 29.5 Å². The van der Waals surface area contributed by atoms with Gasteiger partial charge in [0, 0.05) is 17.0 Å². The standard InChI is InChI=1S/C18H13FN2OS/c19-15-9-6-13(7-10-15)8-11-17(22)21-18-20-16(12-23-18)14-4-2-1-3-5-14/h1-12H,(H,20,21,22)/b11-8+. The Hall–Kier alpha value is -2.79. The molecule has 0 radical (unpaired) electrons. The molecule has 23 heavy (non-hydrogen) atoms. The number of nitrogens with zero attached hydrogens (tertiary/aromatic N) is 1. The maximum Gasteiger partial charge on any atom is 0.250 e. The van der Waals surface area contributed by atoms with Crippen molar-refractivity contribution in [2.24, 2.45) is 0 Å². The van der Waals surface area contributed by atoms with E-state index in [0.717, 1.165) is 16.8 Å². The molecule has 1 aromatic heterocycles. The Morgan fingerprint density at radius 1 is 1.09 bits per heavy atom. The van der Waals surface area contributed by atoms with Crippen LogP contribution in [0, 0.1) is 5.82 Å². The molecule has 0 aliphatic heterocycles. The van der Waals surface area contributed by atoms with E-state index in [-0.39, 0.29) is 11.7 Å². The van der Waals surface area contributed by atoms with Crippen molar-refractivity contribution < 1.29 is 9.18 Å². The van der Waals surface area contributed by atoms with Gasteiger partial charge in [-0.15, -0.1) is 11.3 Å². The highest BCUT2D eigenvalue weighted by Gasteiger charge is 2.05. The topological polar surface area (TPSA) is 42.0 Å². The number of nitrogens with one attached hydrogen (secondary N) is 1. The summed E-state index contributed by atoms with van der Waals surface area (Å²) in [6.45, 7) is 0. The number of hydrogen-bond acceptors (Lipinski definition) is 3. The Kier molecular flexibility index (Phi) is 4.59. The maximum absolute atomic E-state index is 12.8. The van der Waals surface area contributed by atoms with Crippen molar-refractivity contribution in [3.05, 3.63) is 77.4 Å². The Labute approximate surface area is 137 Å². The van der Waals surface area contributed by atoms with Crippen molar-refractivity contribution in [2.75, 3.05) is 5.32 Å². The van der Waals surface area contributed by atoms with Crippen molar-refractivity contribution in [1.29, 1.82) is 0 Å². The Balaban J connectivity index is 1.64. The predicted octanol–water partition coefficient (Wildman–Crippen LogP) is 4.60. The Bertz CT molecular complexity index is 826. The van der Waals surface area contributed by atoms with Crippen molar-refractivity contribution in [1.82, 2.24) is 4.98 Å². The predicted molar refractivity (Wildman–Crippen MR) is 91.6 cm³/mol. The first-order valence-corrected chi connectivity index (χ1v) is 7.84. The quantitative estimate of drug-likeness (QED) is 0.713. The van der Waals surface area contributed by atoms with Gasteiger partial charge in [0.2, 0.25) is 5.91 Å². The molecule has 0 saturated carbocycles. The zero-order valence-corrected chi connectivity index (χ0v) is 12.9. The van der Waals surface area contributed by atoms with Gasteiger partial charge in [0.1, 0.15) is 5.82 Å². The first-order chi connectivity index (χ1) is 11.2. The van der Waals surface area contributed by atoms with E-state index in [1.54, 1.807) is 18.2 Å².